The first-order valence-corrected chi connectivity index (χ1v) is 7.55. The van der Waals surface area contributed by atoms with Crippen LogP contribution in [-0.4, -0.2) is 26.7 Å². The fourth-order valence-electron chi connectivity index (χ4n) is 2.78. The van der Waals surface area contributed by atoms with Crippen molar-refractivity contribution in [3.8, 4) is 5.69 Å². The minimum atomic E-state index is -0.792. The molecule has 0 spiro atoms. The number of nitrogens with zero attached hydrogens (tertiary/aromatic N) is 4. The predicted molar refractivity (Wildman–Crippen MR) is 87.9 cm³/mol. The average Bonchev–Trinajstić information content (AvgIpc) is 3.04. The maximum absolute atomic E-state index is 11.5. The fourth-order valence-corrected chi connectivity index (χ4v) is 2.78. The number of hydrogen-bond acceptors (Lipinski definition) is 5. The van der Waals surface area contributed by atoms with Gasteiger partial charge in [0.15, 0.2) is 0 Å². The third-order valence-corrected chi connectivity index (χ3v) is 3.79. The normalized spacial score (nSPS) is 15.7. The van der Waals surface area contributed by atoms with E-state index < -0.39 is 12.2 Å². The van der Waals surface area contributed by atoms with Crippen LogP contribution < -0.4 is 0 Å². The van der Waals surface area contributed by atoms with Crippen molar-refractivity contribution < 1.29 is 9.53 Å². The molecule has 0 saturated carbocycles. The van der Waals surface area contributed by atoms with Gasteiger partial charge < -0.3 is 4.74 Å². The second kappa shape index (κ2) is 5.73. The Balaban J connectivity index is 1.98. The molecule has 0 amide bonds. The predicted octanol–water partition coefficient (Wildman–Crippen LogP) is 2.68. The number of benzene rings is 2. The summed E-state index contributed by atoms with van der Waals surface area (Å²) in [5, 5.41) is 8.10. The molecule has 1 aliphatic heterocycles. The van der Waals surface area contributed by atoms with E-state index >= 15 is 0 Å². The van der Waals surface area contributed by atoms with Crippen molar-refractivity contribution in [2.45, 2.75) is 13.2 Å². The second-order valence-corrected chi connectivity index (χ2v) is 5.39. The van der Waals surface area contributed by atoms with E-state index in [0.29, 0.717) is 5.69 Å². The van der Waals surface area contributed by atoms with Crippen LogP contribution in [0.15, 0.2) is 65.8 Å². The van der Waals surface area contributed by atoms with Gasteiger partial charge in [-0.05, 0) is 6.07 Å². The monoisotopic (exact) mass is 318 g/mol. The number of aromatic nitrogens is 3. The molecule has 3 aromatic rings. The van der Waals surface area contributed by atoms with Crippen molar-refractivity contribution in [3.63, 3.8) is 0 Å². The summed E-state index contributed by atoms with van der Waals surface area (Å²) in [5.74, 6) is -0.408. The highest BCUT2D eigenvalue weighted by molar-refractivity contribution is 6.15. The minimum absolute atomic E-state index is 0.408. The number of aliphatic imine (C=N–C) groups is 1. The lowest BCUT2D eigenvalue weighted by Crippen LogP contribution is -2.11. The second-order valence-electron chi connectivity index (χ2n) is 5.39. The van der Waals surface area contributed by atoms with Crippen LogP contribution in [0.25, 0.3) is 5.69 Å². The van der Waals surface area contributed by atoms with E-state index in [-0.39, 0.29) is 0 Å². The lowest BCUT2D eigenvalue weighted by molar-refractivity contribution is -0.146. The molecular formula is C18H14N4O2. The zero-order chi connectivity index (χ0) is 16.5. The van der Waals surface area contributed by atoms with Gasteiger partial charge >= 0.3 is 5.97 Å². The summed E-state index contributed by atoms with van der Waals surface area (Å²) in [7, 11) is 0. The Bertz CT molecular complexity index is 931. The van der Waals surface area contributed by atoms with Crippen LogP contribution in [0.3, 0.4) is 0 Å². The zero-order valence-electron chi connectivity index (χ0n) is 13.0. The van der Waals surface area contributed by atoms with Gasteiger partial charge in [-0.3, -0.25) is 4.79 Å². The molecule has 1 aliphatic rings. The molecule has 1 atom stereocenters. The molecule has 24 heavy (non-hydrogen) atoms. The first-order valence-electron chi connectivity index (χ1n) is 7.55. The van der Waals surface area contributed by atoms with Crippen LogP contribution >= 0.6 is 0 Å². The van der Waals surface area contributed by atoms with Crippen LogP contribution in [0.4, 0.5) is 0 Å². The third-order valence-electron chi connectivity index (χ3n) is 3.79. The van der Waals surface area contributed by atoms with Gasteiger partial charge in [0.25, 0.3) is 0 Å². The number of carbonyl (C=O) groups excluding carboxylic acids is 1. The van der Waals surface area contributed by atoms with Crippen LogP contribution in [0, 0.1) is 0 Å². The molecule has 0 aliphatic carbocycles. The summed E-state index contributed by atoms with van der Waals surface area (Å²) < 4.78 is 7.08. The molecule has 6 nitrogen and oxygen atoms in total. The highest BCUT2D eigenvalue weighted by atomic mass is 16.6. The number of rotatable bonds is 2. The number of fused-ring (bicyclic) bond motifs is 3. The Kier molecular flexibility index (Phi) is 3.42. The Morgan fingerprint density at radius 3 is 2.62 bits per heavy atom. The van der Waals surface area contributed by atoms with Gasteiger partial charge in [-0.15, -0.1) is 5.10 Å². The van der Waals surface area contributed by atoms with Crippen molar-refractivity contribution in [1.29, 1.82) is 0 Å². The lowest BCUT2D eigenvalue weighted by atomic mass is 10.0. The van der Waals surface area contributed by atoms with E-state index in [4.69, 9.17) is 9.73 Å². The smallest absolute Gasteiger partial charge is 0.304 e. The summed E-state index contributed by atoms with van der Waals surface area (Å²) >= 11 is 0. The lowest BCUT2D eigenvalue weighted by Gasteiger charge is -2.12. The maximum atomic E-state index is 11.5. The molecule has 0 bridgehead atoms. The summed E-state index contributed by atoms with van der Waals surface area (Å²) in [5.41, 5.74) is 4.07. The zero-order valence-corrected chi connectivity index (χ0v) is 13.0. The Morgan fingerprint density at radius 2 is 1.83 bits per heavy atom. The molecule has 0 radical (unpaired) electrons. The molecule has 2 aromatic carbocycles. The molecule has 0 N–H and O–H groups in total. The van der Waals surface area contributed by atoms with Gasteiger partial charge in [-0.25, -0.2) is 9.67 Å². The van der Waals surface area contributed by atoms with Crippen LogP contribution in [0.1, 0.15) is 30.0 Å². The third kappa shape index (κ3) is 2.38. The molecule has 118 valence electrons. The van der Waals surface area contributed by atoms with Crippen molar-refractivity contribution in [3.05, 3.63) is 77.6 Å². The molecule has 4 rings (SSSR count). The number of carbonyl (C=O) groups is 1. The Morgan fingerprint density at radius 1 is 1.08 bits per heavy atom. The van der Waals surface area contributed by atoms with Crippen LogP contribution in [0.2, 0.25) is 0 Å². The van der Waals surface area contributed by atoms with E-state index in [9.17, 15) is 4.79 Å². The summed E-state index contributed by atoms with van der Waals surface area (Å²) in [6.07, 6.45) is 0.780. The quantitative estimate of drug-likeness (QED) is 0.681. The molecule has 1 unspecified atom stereocenters. The van der Waals surface area contributed by atoms with Crippen LogP contribution in [0.5, 0.6) is 0 Å². The first kappa shape index (κ1) is 14.3. The summed E-state index contributed by atoms with van der Waals surface area (Å²) in [6, 6.07) is 17.6. The molecule has 0 fully saturated rings. The van der Waals surface area contributed by atoms with Gasteiger partial charge in [0, 0.05) is 18.1 Å². The van der Waals surface area contributed by atoms with E-state index in [0.717, 1.165) is 22.5 Å². The topological polar surface area (TPSA) is 69.4 Å². The van der Waals surface area contributed by atoms with Gasteiger partial charge in [0.2, 0.25) is 6.23 Å². The highest BCUT2D eigenvalue weighted by Gasteiger charge is 2.27. The van der Waals surface area contributed by atoms with E-state index in [1.54, 1.807) is 10.9 Å². The SMILES string of the molecule is CC(=O)OC1N=C(c2ccccc2)c2ccccc2-n2nncc21. The average molecular weight is 318 g/mol. The van der Waals surface area contributed by atoms with E-state index in [1.807, 2.05) is 54.6 Å². The standard InChI is InChI=1S/C18H14N4O2/c1-12(23)24-18-16-11-19-21-22(16)15-10-6-5-9-14(15)17(20-18)13-7-3-2-4-8-13/h2-11,18H,1H3. The molecule has 1 aromatic heterocycles. The van der Waals surface area contributed by atoms with Gasteiger partial charge in [-0.1, -0.05) is 53.7 Å². The summed E-state index contributed by atoms with van der Waals surface area (Å²) in [6.45, 7) is 1.36. The van der Waals surface area contributed by atoms with E-state index in [2.05, 4.69) is 10.3 Å². The van der Waals surface area contributed by atoms with Crippen LogP contribution in [-0.2, 0) is 9.53 Å². The number of para-hydroxylation sites is 1. The Hall–Kier alpha value is -3.28. The van der Waals surface area contributed by atoms with Gasteiger partial charge in [0.1, 0.15) is 5.69 Å². The molecular weight excluding hydrogens is 304 g/mol. The number of ether oxygens (including phenoxy) is 1. The fraction of sp³-hybridized carbons (Fsp3) is 0.111. The van der Waals surface area contributed by atoms with Crippen molar-refractivity contribution >= 4 is 11.7 Å². The van der Waals surface area contributed by atoms with Crippen molar-refractivity contribution in [1.82, 2.24) is 15.0 Å². The largest absolute Gasteiger partial charge is 0.434 e. The maximum Gasteiger partial charge on any atom is 0.304 e. The minimum Gasteiger partial charge on any atom is -0.434 e. The first-order chi connectivity index (χ1) is 11.7. The summed E-state index contributed by atoms with van der Waals surface area (Å²) in [4.78, 5) is 16.2. The number of hydrogen-bond donors (Lipinski definition) is 0. The van der Waals surface area contributed by atoms with Gasteiger partial charge in [-0.2, -0.15) is 0 Å². The highest BCUT2D eigenvalue weighted by Crippen LogP contribution is 2.30. The molecule has 2 heterocycles. The number of esters is 1. The van der Waals surface area contributed by atoms with Crippen molar-refractivity contribution in [2.24, 2.45) is 4.99 Å². The van der Waals surface area contributed by atoms with E-state index in [1.165, 1.54) is 6.92 Å². The Labute approximate surface area is 138 Å². The molecule has 6 heteroatoms. The van der Waals surface area contributed by atoms with Gasteiger partial charge in [0.05, 0.1) is 17.6 Å². The van der Waals surface area contributed by atoms with Crippen molar-refractivity contribution in [2.75, 3.05) is 0 Å². The molecule has 0 saturated heterocycles.